The molecule has 0 radical (unpaired) electrons. The molecule has 0 aliphatic heterocycles. The molecule has 1 amide bonds. The second-order valence-corrected chi connectivity index (χ2v) is 5.73. The number of ether oxygens (including phenoxy) is 1. The van der Waals surface area contributed by atoms with Crippen LogP contribution in [-0.2, 0) is 16.0 Å². The van der Waals surface area contributed by atoms with Gasteiger partial charge in [-0.25, -0.2) is 4.39 Å². The minimum atomic E-state index is -1.08. The van der Waals surface area contributed by atoms with Crippen LogP contribution >= 0.6 is 0 Å². The lowest BCUT2D eigenvalue weighted by atomic mass is 9.99. The summed E-state index contributed by atoms with van der Waals surface area (Å²) < 4.78 is 18.2. The maximum atomic E-state index is 13.0. The van der Waals surface area contributed by atoms with E-state index in [2.05, 4.69) is 5.32 Å². The Bertz CT molecular complexity index is 759. The van der Waals surface area contributed by atoms with Crippen molar-refractivity contribution in [2.75, 3.05) is 13.7 Å². The fourth-order valence-corrected chi connectivity index (χ4v) is 2.48. The summed E-state index contributed by atoms with van der Waals surface area (Å²) in [5, 5.41) is 12.0. The Morgan fingerprint density at radius 2 is 1.88 bits per heavy atom. The van der Waals surface area contributed by atoms with Gasteiger partial charge in [-0.05, 0) is 41.8 Å². The monoisotopic (exact) mass is 345 g/mol. The molecule has 1 atom stereocenters. The Balaban J connectivity index is 1.99. The third-order valence-electron chi connectivity index (χ3n) is 3.91. The van der Waals surface area contributed by atoms with Crippen LogP contribution in [-0.4, -0.2) is 30.6 Å². The van der Waals surface area contributed by atoms with Crippen molar-refractivity contribution in [3.05, 3.63) is 65.0 Å². The van der Waals surface area contributed by atoms with Crippen molar-refractivity contribution in [3.63, 3.8) is 0 Å². The number of carboxylic acid groups (broad SMARTS) is 1. The molecule has 2 N–H and O–H groups in total. The number of hydrogen-bond acceptors (Lipinski definition) is 3. The predicted molar refractivity (Wildman–Crippen MR) is 91.2 cm³/mol. The van der Waals surface area contributed by atoms with E-state index >= 15 is 0 Å². The number of carbonyl (C=O) groups excluding carboxylic acids is 1. The average Bonchev–Trinajstić information content (AvgIpc) is 2.58. The molecule has 0 heterocycles. The van der Waals surface area contributed by atoms with E-state index in [0.717, 1.165) is 11.1 Å². The van der Waals surface area contributed by atoms with Crippen LogP contribution in [0.2, 0.25) is 0 Å². The number of aliphatic carboxylic acids is 1. The van der Waals surface area contributed by atoms with Crippen molar-refractivity contribution in [2.24, 2.45) is 0 Å². The van der Waals surface area contributed by atoms with Gasteiger partial charge in [0, 0.05) is 6.54 Å². The smallest absolute Gasteiger partial charge is 0.312 e. The molecule has 0 aliphatic carbocycles. The Hall–Kier alpha value is -2.89. The van der Waals surface area contributed by atoms with E-state index in [1.807, 2.05) is 19.1 Å². The highest BCUT2D eigenvalue weighted by Gasteiger charge is 2.20. The van der Waals surface area contributed by atoms with Gasteiger partial charge >= 0.3 is 5.97 Å². The maximum absolute atomic E-state index is 13.0. The number of carbonyl (C=O) groups is 2. The summed E-state index contributed by atoms with van der Waals surface area (Å²) in [6.07, 6.45) is 0.117. The van der Waals surface area contributed by atoms with Crippen molar-refractivity contribution < 1.29 is 23.8 Å². The number of aryl methyl sites for hydroxylation is 1. The molecule has 0 saturated heterocycles. The van der Waals surface area contributed by atoms with Gasteiger partial charge in [0.25, 0.3) is 0 Å². The topological polar surface area (TPSA) is 75.6 Å². The standard InChI is InChI=1S/C19H20FNO4/c1-12-3-4-13(9-17(12)25-2)10-18(22)21-11-16(19(23)24)14-5-7-15(20)8-6-14/h3-9,16H,10-11H2,1-2H3,(H,21,22)(H,23,24). The van der Waals surface area contributed by atoms with Gasteiger partial charge in [-0.15, -0.1) is 0 Å². The lowest BCUT2D eigenvalue weighted by Gasteiger charge is -2.14. The van der Waals surface area contributed by atoms with E-state index in [4.69, 9.17) is 4.74 Å². The van der Waals surface area contributed by atoms with Crippen LogP contribution in [0.25, 0.3) is 0 Å². The highest BCUT2D eigenvalue weighted by molar-refractivity contribution is 5.81. The summed E-state index contributed by atoms with van der Waals surface area (Å²) in [5.41, 5.74) is 2.17. The molecule has 0 spiro atoms. The minimum Gasteiger partial charge on any atom is -0.496 e. The van der Waals surface area contributed by atoms with Gasteiger partial charge in [0.15, 0.2) is 0 Å². The van der Waals surface area contributed by atoms with Crippen LogP contribution in [0.3, 0.4) is 0 Å². The quantitative estimate of drug-likeness (QED) is 0.809. The average molecular weight is 345 g/mol. The zero-order chi connectivity index (χ0) is 18.4. The van der Waals surface area contributed by atoms with Crippen molar-refractivity contribution in [2.45, 2.75) is 19.3 Å². The van der Waals surface area contributed by atoms with Gasteiger partial charge in [-0.3, -0.25) is 9.59 Å². The summed E-state index contributed by atoms with van der Waals surface area (Å²) in [4.78, 5) is 23.5. The number of halogens is 1. The minimum absolute atomic E-state index is 0.0667. The second-order valence-electron chi connectivity index (χ2n) is 5.73. The Kier molecular flexibility index (Phi) is 6.11. The van der Waals surface area contributed by atoms with Crippen LogP contribution < -0.4 is 10.1 Å². The summed E-state index contributed by atoms with van der Waals surface area (Å²) in [6.45, 7) is 1.84. The normalized spacial score (nSPS) is 11.6. The van der Waals surface area contributed by atoms with E-state index in [9.17, 15) is 19.1 Å². The molecule has 2 aromatic carbocycles. The highest BCUT2D eigenvalue weighted by Crippen LogP contribution is 2.19. The molecule has 0 aliphatic rings. The van der Waals surface area contributed by atoms with Crippen LogP contribution in [0.4, 0.5) is 4.39 Å². The van der Waals surface area contributed by atoms with Gasteiger partial charge < -0.3 is 15.2 Å². The van der Waals surface area contributed by atoms with Crippen molar-refractivity contribution in [1.29, 1.82) is 0 Å². The zero-order valence-electron chi connectivity index (χ0n) is 14.1. The largest absolute Gasteiger partial charge is 0.496 e. The van der Waals surface area contributed by atoms with Crippen LogP contribution in [0.5, 0.6) is 5.75 Å². The fraction of sp³-hybridized carbons (Fsp3) is 0.263. The molecule has 25 heavy (non-hydrogen) atoms. The third-order valence-corrected chi connectivity index (χ3v) is 3.91. The fourth-order valence-electron chi connectivity index (χ4n) is 2.48. The first-order valence-electron chi connectivity index (χ1n) is 7.79. The summed E-state index contributed by atoms with van der Waals surface area (Å²) in [6, 6.07) is 10.7. The number of amides is 1. The van der Waals surface area contributed by atoms with Gasteiger partial charge in [0.05, 0.1) is 19.4 Å². The number of nitrogens with one attached hydrogen (secondary N) is 1. The molecule has 2 aromatic rings. The van der Waals surface area contributed by atoms with E-state index in [-0.39, 0.29) is 18.9 Å². The van der Waals surface area contributed by atoms with Crippen molar-refractivity contribution >= 4 is 11.9 Å². The number of benzene rings is 2. The summed E-state index contributed by atoms with van der Waals surface area (Å²) in [7, 11) is 1.56. The molecule has 0 fully saturated rings. The van der Waals surface area contributed by atoms with E-state index < -0.39 is 17.7 Å². The zero-order valence-corrected chi connectivity index (χ0v) is 14.1. The Labute approximate surface area is 145 Å². The first kappa shape index (κ1) is 18.4. The van der Waals surface area contributed by atoms with Gasteiger partial charge in [0.1, 0.15) is 11.6 Å². The third kappa shape index (κ3) is 5.04. The van der Waals surface area contributed by atoms with Gasteiger partial charge in [-0.1, -0.05) is 24.3 Å². The molecule has 0 aromatic heterocycles. The number of methoxy groups -OCH3 is 1. The predicted octanol–water partition coefficient (Wildman–Crippen LogP) is 2.67. The first-order chi connectivity index (χ1) is 11.9. The number of carboxylic acids is 1. The van der Waals surface area contributed by atoms with Crippen LogP contribution in [0.1, 0.15) is 22.6 Å². The molecular weight excluding hydrogens is 325 g/mol. The Morgan fingerprint density at radius 3 is 2.48 bits per heavy atom. The molecular formula is C19H20FNO4. The maximum Gasteiger partial charge on any atom is 0.312 e. The van der Waals surface area contributed by atoms with E-state index in [1.54, 1.807) is 13.2 Å². The van der Waals surface area contributed by atoms with E-state index in [1.165, 1.54) is 24.3 Å². The molecule has 2 rings (SSSR count). The molecule has 5 nitrogen and oxygen atoms in total. The van der Waals surface area contributed by atoms with Crippen LogP contribution in [0, 0.1) is 12.7 Å². The molecule has 132 valence electrons. The molecule has 1 unspecified atom stereocenters. The highest BCUT2D eigenvalue weighted by atomic mass is 19.1. The SMILES string of the molecule is COc1cc(CC(=O)NCC(C(=O)O)c2ccc(F)cc2)ccc1C. The summed E-state index contributed by atoms with van der Waals surface area (Å²) >= 11 is 0. The number of rotatable bonds is 7. The van der Waals surface area contributed by atoms with Gasteiger partial charge in [0.2, 0.25) is 5.91 Å². The van der Waals surface area contributed by atoms with Crippen molar-refractivity contribution in [1.82, 2.24) is 5.32 Å². The number of hydrogen-bond donors (Lipinski definition) is 2. The van der Waals surface area contributed by atoms with Crippen molar-refractivity contribution in [3.8, 4) is 5.75 Å². The molecule has 0 bridgehead atoms. The lowest BCUT2D eigenvalue weighted by Crippen LogP contribution is -2.32. The van der Waals surface area contributed by atoms with Gasteiger partial charge in [-0.2, -0.15) is 0 Å². The lowest BCUT2D eigenvalue weighted by molar-refractivity contribution is -0.138. The summed E-state index contributed by atoms with van der Waals surface area (Å²) in [5.74, 6) is -2.05. The Morgan fingerprint density at radius 1 is 1.20 bits per heavy atom. The molecule has 0 saturated carbocycles. The molecule has 6 heteroatoms. The van der Waals surface area contributed by atoms with Crippen LogP contribution in [0.15, 0.2) is 42.5 Å². The first-order valence-corrected chi connectivity index (χ1v) is 7.79. The second kappa shape index (κ2) is 8.28. The van der Waals surface area contributed by atoms with E-state index in [0.29, 0.717) is 11.3 Å².